The highest BCUT2D eigenvalue weighted by Crippen LogP contribution is 2.21. The zero-order valence-electron chi connectivity index (χ0n) is 9.46. The molecule has 0 saturated heterocycles. The number of imidazole rings is 1. The maximum absolute atomic E-state index is 4.39. The van der Waals surface area contributed by atoms with E-state index in [0.29, 0.717) is 0 Å². The van der Waals surface area contributed by atoms with Gasteiger partial charge >= 0.3 is 0 Å². The molecular weight excluding hydrogens is 212 g/mol. The molecule has 0 fully saturated rings. The molecule has 4 nitrogen and oxygen atoms in total. The number of rotatable bonds is 2. The third-order valence-corrected chi connectivity index (χ3v) is 2.77. The van der Waals surface area contributed by atoms with Gasteiger partial charge < -0.3 is 5.32 Å². The Morgan fingerprint density at radius 3 is 2.71 bits per heavy atom. The molecular formula is C13H12N4. The summed E-state index contributed by atoms with van der Waals surface area (Å²) in [6.45, 7) is 0. The van der Waals surface area contributed by atoms with E-state index in [-0.39, 0.29) is 0 Å². The lowest BCUT2D eigenvalue weighted by atomic mass is 10.2. The van der Waals surface area contributed by atoms with Crippen LogP contribution in [0.5, 0.6) is 0 Å². The van der Waals surface area contributed by atoms with Crippen molar-refractivity contribution in [3.05, 3.63) is 49.1 Å². The summed E-state index contributed by atoms with van der Waals surface area (Å²) in [7, 11) is 1.91. The minimum atomic E-state index is 0.941. The van der Waals surface area contributed by atoms with Crippen molar-refractivity contribution in [2.75, 3.05) is 12.4 Å². The Labute approximate surface area is 99.0 Å². The van der Waals surface area contributed by atoms with Crippen LogP contribution >= 0.6 is 0 Å². The lowest BCUT2D eigenvalue weighted by molar-refractivity contribution is 1.18. The first-order valence-electron chi connectivity index (χ1n) is 5.44. The van der Waals surface area contributed by atoms with Gasteiger partial charge in [0.15, 0.2) is 0 Å². The van der Waals surface area contributed by atoms with Crippen LogP contribution in [0.1, 0.15) is 0 Å². The van der Waals surface area contributed by atoms with Gasteiger partial charge in [0, 0.05) is 31.2 Å². The van der Waals surface area contributed by atoms with Gasteiger partial charge in [-0.3, -0.25) is 9.38 Å². The van der Waals surface area contributed by atoms with Crippen LogP contribution in [-0.2, 0) is 0 Å². The quantitative estimate of drug-likeness (QED) is 0.727. The van der Waals surface area contributed by atoms with Crippen molar-refractivity contribution in [1.82, 2.24) is 14.4 Å². The van der Waals surface area contributed by atoms with E-state index in [0.717, 1.165) is 22.6 Å². The van der Waals surface area contributed by atoms with Crippen LogP contribution < -0.4 is 5.32 Å². The van der Waals surface area contributed by atoms with Crippen LogP contribution in [0.2, 0.25) is 0 Å². The van der Waals surface area contributed by atoms with Gasteiger partial charge in [-0.25, -0.2) is 4.98 Å². The zero-order valence-corrected chi connectivity index (χ0v) is 9.46. The van der Waals surface area contributed by atoms with E-state index in [9.17, 15) is 0 Å². The minimum absolute atomic E-state index is 0.941. The molecule has 3 aromatic rings. The molecule has 3 aromatic heterocycles. The predicted octanol–water partition coefficient (Wildman–Crippen LogP) is 2.44. The van der Waals surface area contributed by atoms with Gasteiger partial charge in [-0.2, -0.15) is 0 Å². The maximum Gasteiger partial charge on any atom is 0.137 e. The number of nitrogens with one attached hydrogen (secondary N) is 1. The second-order valence-corrected chi connectivity index (χ2v) is 3.78. The van der Waals surface area contributed by atoms with Crippen LogP contribution in [0.4, 0.5) is 5.69 Å². The van der Waals surface area contributed by atoms with Crippen LogP contribution in [-0.4, -0.2) is 21.4 Å². The highest BCUT2D eigenvalue weighted by molar-refractivity contribution is 5.64. The summed E-state index contributed by atoms with van der Waals surface area (Å²) in [5, 5.41) is 3.13. The zero-order chi connectivity index (χ0) is 11.7. The molecule has 0 amide bonds. The number of nitrogens with zero attached hydrogens (tertiary/aromatic N) is 3. The maximum atomic E-state index is 4.39. The smallest absolute Gasteiger partial charge is 0.137 e. The second-order valence-electron chi connectivity index (χ2n) is 3.78. The number of hydrogen-bond acceptors (Lipinski definition) is 3. The molecule has 0 unspecified atom stereocenters. The van der Waals surface area contributed by atoms with E-state index < -0.39 is 0 Å². The van der Waals surface area contributed by atoms with Gasteiger partial charge in [-0.1, -0.05) is 0 Å². The van der Waals surface area contributed by atoms with Crippen molar-refractivity contribution in [1.29, 1.82) is 0 Å². The highest BCUT2D eigenvalue weighted by atomic mass is 15.0. The van der Waals surface area contributed by atoms with Gasteiger partial charge in [0.2, 0.25) is 0 Å². The summed E-state index contributed by atoms with van der Waals surface area (Å²) < 4.78 is 2.07. The number of aromatic nitrogens is 3. The van der Waals surface area contributed by atoms with Crippen molar-refractivity contribution in [2.45, 2.75) is 0 Å². The summed E-state index contributed by atoms with van der Waals surface area (Å²) in [6.07, 6.45) is 7.50. The molecule has 0 aromatic carbocycles. The average Bonchev–Trinajstić information content (AvgIpc) is 2.82. The lowest BCUT2D eigenvalue weighted by Crippen LogP contribution is -1.93. The van der Waals surface area contributed by atoms with Crippen LogP contribution in [0, 0.1) is 0 Å². The minimum Gasteiger partial charge on any atom is -0.387 e. The van der Waals surface area contributed by atoms with Crippen molar-refractivity contribution >= 4 is 11.3 Å². The van der Waals surface area contributed by atoms with E-state index >= 15 is 0 Å². The van der Waals surface area contributed by atoms with Gasteiger partial charge in [0.05, 0.1) is 17.6 Å². The third-order valence-electron chi connectivity index (χ3n) is 2.77. The summed E-state index contributed by atoms with van der Waals surface area (Å²) in [6, 6.07) is 7.97. The molecule has 0 bridgehead atoms. The topological polar surface area (TPSA) is 42.2 Å². The summed E-state index contributed by atoms with van der Waals surface area (Å²) >= 11 is 0. The van der Waals surface area contributed by atoms with E-state index in [4.69, 9.17) is 0 Å². The van der Waals surface area contributed by atoms with Gasteiger partial charge in [-0.05, 0) is 24.3 Å². The lowest BCUT2D eigenvalue weighted by Gasteiger charge is -2.04. The SMILES string of the molecule is CNc1ccc2ncc(-c3ccncc3)n2c1. The van der Waals surface area contributed by atoms with Gasteiger partial charge in [0.25, 0.3) is 0 Å². The molecule has 4 heteroatoms. The number of pyridine rings is 2. The highest BCUT2D eigenvalue weighted by Gasteiger charge is 2.05. The molecule has 0 aliphatic rings. The fraction of sp³-hybridized carbons (Fsp3) is 0.0769. The van der Waals surface area contributed by atoms with E-state index in [1.807, 2.05) is 43.7 Å². The fourth-order valence-corrected chi connectivity index (χ4v) is 1.86. The molecule has 17 heavy (non-hydrogen) atoms. The molecule has 84 valence electrons. The Hall–Kier alpha value is -2.36. The van der Waals surface area contributed by atoms with Crippen molar-refractivity contribution in [2.24, 2.45) is 0 Å². The van der Waals surface area contributed by atoms with E-state index in [1.54, 1.807) is 12.4 Å². The largest absolute Gasteiger partial charge is 0.387 e. The Balaban J connectivity index is 2.23. The summed E-state index contributed by atoms with van der Waals surface area (Å²) in [5.74, 6) is 0. The Morgan fingerprint density at radius 1 is 1.12 bits per heavy atom. The summed E-state index contributed by atoms with van der Waals surface area (Å²) in [5.41, 5.74) is 4.18. The van der Waals surface area contributed by atoms with Crippen molar-refractivity contribution in [3.63, 3.8) is 0 Å². The molecule has 0 saturated carbocycles. The second kappa shape index (κ2) is 3.90. The van der Waals surface area contributed by atoms with Crippen LogP contribution in [0.25, 0.3) is 16.9 Å². The van der Waals surface area contributed by atoms with Crippen LogP contribution in [0.15, 0.2) is 49.1 Å². The number of anilines is 1. The fourth-order valence-electron chi connectivity index (χ4n) is 1.86. The molecule has 0 aliphatic heterocycles. The molecule has 3 heterocycles. The monoisotopic (exact) mass is 224 g/mol. The standard InChI is InChI=1S/C13H12N4/c1-14-11-2-3-13-16-8-12(17(13)9-11)10-4-6-15-7-5-10/h2-9,14H,1H3. The first-order valence-corrected chi connectivity index (χ1v) is 5.44. The Bertz CT molecular complexity index is 643. The van der Waals surface area contributed by atoms with Crippen molar-refractivity contribution < 1.29 is 0 Å². The van der Waals surface area contributed by atoms with E-state index in [1.165, 1.54) is 0 Å². The third kappa shape index (κ3) is 1.63. The first kappa shape index (κ1) is 9.84. The first-order chi connectivity index (χ1) is 8.38. The van der Waals surface area contributed by atoms with E-state index in [2.05, 4.69) is 19.7 Å². The molecule has 0 aliphatic carbocycles. The van der Waals surface area contributed by atoms with Crippen molar-refractivity contribution in [3.8, 4) is 11.3 Å². The predicted molar refractivity (Wildman–Crippen MR) is 68.0 cm³/mol. The van der Waals surface area contributed by atoms with Gasteiger partial charge in [0.1, 0.15) is 5.65 Å². The molecule has 0 atom stereocenters. The molecule has 0 radical (unpaired) electrons. The summed E-state index contributed by atoms with van der Waals surface area (Å²) in [4.78, 5) is 8.41. The molecule has 3 rings (SSSR count). The Kier molecular flexibility index (Phi) is 2.26. The van der Waals surface area contributed by atoms with Crippen LogP contribution in [0.3, 0.4) is 0 Å². The number of hydrogen-bond donors (Lipinski definition) is 1. The average molecular weight is 224 g/mol. The Morgan fingerprint density at radius 2 is 1.94 bits per heavy atom. The molecule has 1 N–H and O–H groups in total. The van der Waals surface area contributed by atoms with Gasteiger partial charge in [-0.15, -0.1) is 0 Å². The molecule has 0 spiro atoms. The number of fused-ring (bicyclic) bond motifs is 1. The normalized spacial score (nSPS) is 10.6.